The standard InChI is InChI=1S/C24H19F3N2O5S/c1-3-10-34-18-9-8-15(11-19(18)33-4-2)12-20-22(31)29(23(32)35-20)14-21(30)28-17-7-5-6-16(13-17)24(25,26)27/h1,5-9,11-13H,4,10,14H2,2H3,(H,28,30)/b20-12-. The fraction of sp³-hybridized carbons (Fsp3) is 0.208. The first kappa shape index (κ1) is 25.7. The Hall–Kier alpha value is -3.91. The maximum Gasteiger partial charge on any atom is 0.416 e. The van der Waals surface area contributed by atoms with Crippen LogP contribution in [0, 0.1) is 12.3 Å². The number of ether oxygens (including phenoxy) is 2. The minimum absolute atomic E-state index is 0.0425. The largest absolute Gasteiger partial charge is 0.490 e. The Kier molecular flexibility index (Phi) is 8.09. The van der Waals surface area contributed by atoms with Crippen molar-refractivity contribution in [3.05, 3.63) is 58.5 Å². The van der Waals surface area contributed by atoms with Gasteiger partial charge in [-0.2, -0.15) is 13.2 Å². The second-order valence-corrected chi connectivity index (χ2v) is 8.02. The van der Waals surface area contributed by atoms with Crippen molar-refractivity contribution in [1.29, 1.82) is 0 Å². The number of alkyl halides is 3. The zero-order valence-corrected chi connectivity index (χ0v) is 19.2. The van der Waals surface area contributed by atoms with Gasteiger partial charge >= 0.3 is 6.18 Å². The van der Waals surface area contributed by atoms with Crippen LogP contribution in [0.1, 0.15) is 18.1 Å². The van der Waals surface area contributed by atoms with Crippen molar-refractivity contribution in [2.75, 3.05) is 25.1 Å². The molecule has 11 heteroatoms. The summed E-state index contributed by atoms with van der Waals surface area (Å²) in [6, 6.07) is 8.90. The molecule has 0 spiro atoms. The smallest absolute Gasteiger partial charge is 0.416 e. The van der Waals surface area contributed by atoms with Gasteiger partial charge in [0.15, 0.2) is 11.5 Å². The Morgan fingerprint density at radius 1 is 1.17 bits per heavy atom. The number of terminal acetylenes is 1. The molecule has 1 heterocycles. The molecule has 182 valence electrons. The van der Waals surface area contributed by atoms with E-state index in [9.17, 15) is 27.6 Å². The van der Waals surface area contributed by atoms with Crippen LogP contribution in [0.3, 0.4) is 0 Å². The highest BCUT2D eigenvalue weighted by Gasteiger charge is 2.36. The van der Waals surface area contributed by atoms with Crippen LogP contribution in [0.15, 0.2) is 47.4 Å². The lowest BCUT2D eigenvalue weighted by atomic mass is 10.2. The highest BCUT2D eigenvalue weighted by atomic mass is 32.2. The van der Waals surface area contributed by atoms with E-state index in [1.807, 2.05) is 0 Å². The van der Waals surface area contributed by atoms with Crippen LogP contribution in [0.2, 0.25) is 0 Å². The molecule has 1 N–H and O–H groups in total. The Bertz CT molecular complexity index is 1220. The molecule has 3 rings (SSSR count). The molecule has 0 aliphatic carbocycles. The number of thioether (sulfide) groups is 1. The van der Waals surface area contributed by atoms with Crippen LogP contribution in [0.5, 0.6) is 11.5 Å². The van der Waals surface area contributed by atoms with E-state index in [0.29, 0.717) is 40.3 Å². The van der Waals surface area contributed by atoms with Gasteiger partial charge in [0, 0.05) is 5.69 Å². The van der Waals surface area contributed by atoms with Crippen LogP contribution in [-0.2, 0) is 15.8 Å². The van der Waals surface area contributed by atoms with Crippen molar-refractivity contribution in [2.45, 2.75) is 13.1 Å². The van der Waals surface area contributed by atoms with Crippen molar-refractivity contribution in [1.82, 2.24) is 4.90 Å². The number of nitrogens with zero attached hydrogens (tertiary/aromatic N) is 1. The highest BCUT2D eigenvalue weighted by molar-refractivity contribution is 8.18. The summed E-state index contributed by atoms with van der Waals surface area (Å²) in [6.07, 6.45) is 2.09. The van der Waals surface area contributed by atoms with Gasteiger partial charge in [0.2, 0.25) is 5.91 Å². The van der Waals surface area contributed by atoms with Gasteiger partial charge in [-0.1, -0.05) is 18.1 Å². The van der Waals surface area contributed by atoms with Gasteiger partial charge in [0.1, 0.15) is 13.2 Å². The molecule has 3 amide bonds. The second kappa shape index (κ2) is 11.0. The van der Waals surface area contributed by atoms with E-state index >= 15 is 0 Å². The fourth-order valence-electron chi connectivity index (χ4n) is 3.03. The predicted molar refractivity (Wildman–Crippen MR) is 125 cm³/mol. The monoisotopic (exact) mass is 504 g/mol. The van der Waals surface area contributed by atoms with Gasteiger partial charge in [-0.25, -0.2) is 0 Å². The number of hydrogen-bond donors (Lipinski definition) is 1. The number of benzene rings is 2. The minimum atomic E-state index is -4.58. The molecule has 2 aromatic carbocycles. The van der Waals surface area contributed by atoms with Crippen molar-refractivity contribution in [3.63, 3.8) is 0 Å². The molecule has 7 nitrogen and oxygen atoms in total. The highest BCUT2D eigenvalue weighted by Crippen LogP contribution is 2.35. The van der Waals surface area contributed by atoms with E-state index in [2.05, 4.69) is 11.2 Å². The van der Waals surface area contributed by atoms with Gasteiger partial charge in [0.25, 0.3) is 11.1 Å². The van der Waals surface area contributed by atoms with Gasteiger partial charge in [0.05, 0.1) is 17.1 Å². The Balaban J connectivity index is 1.72. The summed E-state index contributed by atoms with van der Waals surface area (Å²) in [7, 11) is 0. The lowest BCUT2D eigenvalue weighted by molar-refractivity contribution is -0.137. The maximum absolute atomic E-state index is 12.9. The summed E-state index contributed by atoms with van der Waals surface area (Å²) in [4.78, 5) is 38.2. The minimum Gasteiger partial charge on any atom is -0.490 e. The number of amides is 3. The van der Waals surface area contributed by atoms with Gasteiger partial charge in [-0.3, -0.25) is 19.3 Å². The summed E-state index contributed by atoms with van der Waals surface area (Å²) in [5, 5.41) is 1.59. The number of anilines is 1. The number of nitrogens with one attached hydrogen (secondary N) is 1. The molecule has 0 atom stereocenters. The average molecular weight is 504 g/mol. The van der Waals surface area contributed by atoms with Crippen LogP contribution >= 0.6 is 11.8 Å². The number of carbonyl (C=O) groups is 3. The first-order valence-corrected chi connectivity index (χ1v) is 11.0. The molecule has 0 radical (unpaired) electrons. The Morgan fingerprint density at radius 3 is 2.63 bits per heavy atom. The molecule has 0 saturated carbocycles. The van der Waals surface area contributed by atoms with Crippen LogP contribution in [-0.4, -0.2) is 41.7 Å². The zero-order valence-electron chi connectivity index (χ0n) is 18.3. The van der Waals surface area contributed by atoms with Crippen LogP contribution in [0.25, 0.3) is 6.08 Å². The quantitative estimate of drug-likeness (QED) is 0.411. The summed E-state index contributed by atoms with van der Waals surface area (Å²) in [5.74, 6) is 1.65. The lowest BCUT2D eigenvalue weighted by Crippen LogP contribution is -2.36. The third-order valence-electron chi connectivity index (χ3n) is 4.53. The van der Waals surface area contributed by atoms with E-state index in [1.54, 1.807) is 25.1 Å². The molecule has 35 heavy (non-hydrogen) atoms. The molecule has 0 unspecified atom stereocenters. The number of hydrogen-bond acceptors (Lipinski definition) is 6. The van der Waals surface area contributed by atoms with Crippen molar-refractivity contribution in [2.24, 2.45) is 0 Å². The number of halogens is 3. The molecular formula is C24H19F3N2O5S. The van der Waals surface area contributed by atoms with E-state index in [0.717, 1.165) is 18.2 Å². The number of rotatable bonds is 8. The Morgan fingerprint density at radius 2 is 1.94 bits per heavy atom. The van der Waals surface area contributed by atoms with Gasteiger partial charge in [-0.05, 0) is 60.7 Å². The predicted octanol–water partition coefficient (Wildman–Crippen LogP) is 4.79. The summed E-state index contributed by atoms with van der Waals surface area (Å²) in [6.45, 7) is 1.53. The van der Waals surface area contributed by atoms with Gasteiger partial charge in [-0.15, -0.1) is 6.42 Å². The molecule has 0 aromatic heterocycles. The second-order valence-electron chi connectivity index (χ2n) is 7.03. The van der Waals surface area contributed by atoms with E-state index < -0.39 is 35.3 Å². The fourth-order valence-corrected chi connectivity index (χ4v) is 3.86. The third-order valence-corrected chi connectivity index (χ3v) is 5.43. The SMILES string of the molecule is C#CCOc1ccc(/C=C2\SC(=O)N(CC(=O)Nc3cccc(C(F)(F)F)c3)C2=O)cc1OCC. The molecule has 1 aliphatic rings. The molecule has 2 aromatic rings. The molecular weight excluding hydrogens is 485 g/mol. The Labute approximate surface area is 203 Å². The van der Waals surface area contributed by atoms with Crippen LogP contribution < -0.4 is 14.8 Å². The van der Waals surface area contributed by atoms with Crippen LogP contribution in [0.4, 0.5) is 23.7 Å². The van der Waals surface area contributed by atoms with E-state index in [4.69, 9.17) is 15.9 Å². The summed E-state index contributed by atoms with van der Waals surface area (Å²) >= 11 is 0.639. The van der Waals surface area contributed by atoms with Crippen molar-refractivity contribution in [3.8, 4) is 23.8 Å². The van der Waals surface area contributed by atoms with Crippen molar-refractivity contribution < 1.29 is 37.0 Å². The number of carbonyl (C=O) groups excluding carboxylic acids is 3. The summed E-state index contributed by atoms with van der Waals surface area (Å²) in [5.41, 5.74) is -0.505. The molecule has 1 fully saturated rings. The molecule has 0 bridgehead atoms. The third kappa shape index (κ3) is 6.58. The zero-order chi connectivity index (χ0) is 25.6. The van der Waals surface area contributed by atoms with Gasteiger partial charge < -0.3 is 14.8 Å². The molecule has 1 aliphatic heterocycles. The van der Waals surface area contributed by atoms with E-state index in [1.165, 1.54) is 12.1 Å². The normalized spacial score (nSPS) is 14.7. The summed E-state index contributed by atoms with van der Waals surface area (Å²) < 4.78 is 49.5. The van der Waals surface area contributed by atoms with Crippen molar-refractivity contribution >= 4 is 40.6 Å². The first-order chi connectivity index (χ1) is 16.6. The number of imide groups is 1. The molecule has 1 saturated heterocycles. The van der Waals surface area contributed by atoms with E-state index in [-0.39, 0.29) is 17.2 Å². The topological polar surface area (TPSA) is 84.9 Å². The average Bonchev–Trinajstić information content (AvgIpc) is 3.05. The first-order valence-electron chi connectivity index (χ1n) is 10.2. The lowest BCUT2D eigenvalue weighted by Gasteiger charge is -2.13. The maximum atomic E-state index is 12.9.